The molecular formula is C32H37N5O4. The van der Waals surface area contributed by atoms with Crippen molar-refractivity contribution >= 4 is 39.8 Å². The predicted molar refractivity (Wildman–Crippen MR) is 163 cm³/mol. The molecule has 2 amide bonds. The minimum atomic E-state index is -0.748. The molecule has 0 fully saturated rings. The number of anilines is 3. The van der Waals surface area contributed by atoms with Gasteiger partial charge in [0.05, 0.1) is 12.7 Å². The van der Waals surface area contributed by atoms with Gasteiger partial charge < -0.3 is 31.2 Å². The van der Waals surface area contributed by atoms with Crippen LogP contribution in [0.3, 0.4) is 0 Å². The quantitative estimate of drug-likeness (QED) is 0.173. The number of nitrogens with zero attached hydrogens (tertiary/aromatic N) is 1. The lowest BCUT2D eigenvalue weighted by atomic mass is 10.0. The van der Waals surface area contributed by atoms with Crippen LogP contribution in [0.25, 0.3) is 10.8 Å². The topological polar surface area (TPSA) is 128 Å². The molecule has 3 aromatic carbocycles. The normalized spacial score (nSPS) is 11.6. The highest BCUT2D eigenvalue weighted by Gasteiger charge is 2.23. The van der Waals surface area contributed by atoms with Crippen molar-refractivity contribution in [3.8, 4) is 11.5 Å². The van der Waals surface area contributed by atoms with E-state index >= 15 is 0 Å². The van der Waals surface area contributed by atoms with E-state index < -0.39 is 6.04 Å². The SMILES string of the molecule is CCOc1cc(C(Nc2ccc3c(N)nccc3c2)C(=O)NCc2cccc(NC(=O)CC)c2)ccc1OC(C)C. The van der Waals surface area contributed by atoms with E-state index in [4.69, 9.17) is 15.2 Å². The second-order valence-electron chi connectivity index (χ2n) is 9.84. The zero-order valence-electron chi connectivity index (χ0n) is 23.9. The Morgan fingerprint density at radius 1 is 0.951 bits per heavy atom. The van der Waals surface area contributed by atoms with Crippen molar-refractivity contribution in [2.24, 2.45) is 0 Å². The molecule has 41 heavy (non-hydrogen) atoms. The van der Waals surface area contributed by atoms with Gasteiger partial charge in [0.1, 0.15) is 11.9 Å². The van der Waals surface area contributed by atoms with E-state index in [1.54, 1.807) is 13.1 Å². The number of rotatable bonds is 12. The summed E-state index contributed by atoms with van der Waals surface area (Å²) in [5, 5.41) is 11.0. The number of benzene rings is 3. The van der Waals surface area contributed by atoms with Gasteiger partial charge in [-0.1, -0.05) is 25.1 Å². The largest absolute Gasteiger partial charge is 0.490 e. The van der Waals surface area contributed by atoms with Crippen LogP contribution >= 0.6 is 0 Å². The maximum atomic E-state index is 13.7. The zero-order valence-corrected chi connectivity index (χ0v) is 23.9. The van der Waals surface area contributed by atoms with E-state index in [0.29, 0.717) is 41.6 Å². The molecule has 0 saturated heterocycles. The summed E-state index contributed by atoms with van der Waals surface area (Å²) in [6, 6.07) is 19.8. The van der Waals surface area contributed by atoms with Crippen LogP contribution in [-0.2, 0) is 16.1 Å². The number of nitrogen functional groups attached to an aromatic ring is 1. The van der Waals surface area contributed by atoms with E-state index in [2.05, 4.69) is 20.9 Å². The number of hydrogen-bond donors (Lipinski definition) is 4. The molecule has 5 N–H and O–H groups in total. The summed E-state index contributed by atoms with van der Waals surface area (Å²) in [6.45, 7) is 8.33. The van der Waals surface area contributed by atoms with Crippen molar-refractivity contribution in [2.45, 2.75) is 52.8 Å². The molecule has 1 heterocycles. The molecular weight excluding hydrogens is 518 g/mol. The van der Waals surface area contributed by atoms with E-state index in [1.807, 2.05) is 87.5 Å². The summed E-state index contributed by atoms with van der Waals surface area (Å²) in [7, 11) is 0. The predicted octanol–water partition coefficient (Wildman–Crippen LogP) is 5.82. The third-order valence-electron chi connectivity index (χ3n) is 6.33. The summed E-state index contributed by atoms with van der Waals surface area (Å²) in [4.78, 5) is 29.7. The van der Waals surface area contributed by atoms with Gasteiger partial charge >= 0.3 is 0 Å². The Kier molecular flexibility index (Phi) is 9.63. The third kappa shape index (κ3) is 7.66. The van der Waals surface area contributed by atoms with Crippen LogP contribution in [0.5, 0.6) is 11.5 Å². The van der Waals surface area contributed by atoms with Gasteiger partial charge in [0, 0.05) is 35.9 Å². The molecule has 0 bridgehead atoms. The Hall–Kier alpha value is -4.79. The fourth-order valence-corrected chi connectivity index (χ4v) is 4.38. The van der Waals surface area contributed by atoms with Crippen molar-refractivity contribution in [2.75, 3.05) is 23.0 Å². The van der Waals surface area contributed by atoms with Crippen molar-refractivity contribution in [1.29, 1.82) is 0 Å². The summed E-state index contributed by atoms with van der Waals surface area (Å²) in [5.41, 5.74) is 9.03. The summed E-state index contributed by atoms with van der Waals surface area (Å²) in [5.74, 6) is 1.32. The van der Waals surface area contributed by atoms with Crippen LogP contribution in [0.2, 0.25) is 0 Å². The van der Waals surface area contributed by atoms with Crippen LogP contribution in [-0.4, -0.2) is 29.5 Å². The number of amides is 2. The van der Waals surface area contributed by atoms with Gasteiger partial charge in [-0.15, -0.1) is 0 Å². The average Bonchev–Trinajstić information content (AvgIpc) is 2.95. The maximum Gasteiger partial charge on any atom is 0.247 e. The number of fused-ring (bicyclic) bond motifs is 1. The number of hydrogen-bond acceptors (Lipinski definition) is 7. The standard InChI is InChI=1S/C32H37N5O4/c1-5-29(38)36-24-9-7-8-21(16-24)19-35-32(39)30(23-10-13-27(41-20(3)4)28(18-23)40-6-2)37-25-11-12-26-22(17-25)14-15-34-31(26)33/h7-18,20,30,37H,5-6,19H2,1-4H3,(H2,33,34)(H,35,39)(H,36,38). The Morgan fingerprint density at radius 2 is 1.78 bits per heavy atom. The lowest BCUT2D eigenvalue weighted by Crippen LogP contribution is -2.33. The fraction of sp³-hybridized carbons (Fsp3) is 0.281. The Bertz CT molecular complexity index is 1520. The number of ether oxygens (including phenoxy) is 2. The van der Waals surface area contributed by atoms with Gasteiger partial charge in [0.15, 0.2) is 11.5 Å². The van der Waals surface area contributed by atoms with Crippen LogP contribution < -0.4 is 31.2 Å². The second kappa shape index (κ2) is 13.5. The molecule has 0 aliphatic carbocycles. The molecule has 1 aromatic heterocycles. The number of carbonyl (C=O) groups excluding carboxylic acids is 2. The van der Waals surface area contributed by atoms with Crippen LogP contribution in [0, 0.1) is 0 Å². The molecule has 0 radical (unpaired) electrons. The molecule has 4 aromatic rings. The van der Waals surface area contributed by atoms with Crippen LogP contribution in [0.15, 0.2) is 72.9 Å². The van der Waals surface area contributed by atoms with Gasteiger partial charge in [-0.05, 0) is 85.8 Å². The lowest BCUT2D eigenvalue weighted by molar-refractivity contribution is -0.122. The lowest BCUT2D eigenvalue weighted by Gasteiger charge is -2.22. The van der Waals surface area contributed by atoms with E-state index in [0.717, 1.165) is 22.0 Å². The highest BCUT2D eigenvalue weighted by molar-refractivity contribution is 5.94. The number of nitrogens with two attached hydrogens (primary N) is 1. The molecule has 1 atom stereocenters. The first-order valence-corrected chi connectivity index (χ1v) is 13.8. The van der Waals surface area contributed by atoms with Gasteiger partial charge in [0.25, 0.3) is 0 Å². The first kappa shape index (κ1) is 29.2. The fourth-order valence-electron chi connectivity index (χ4n) is 4.38. The van der Waals surface area contributed by atoms with E-state index in [-0.39, 0.29) is 24.5 Å². The average molecular weight is 556 g/mol. The molecule has 0 spiro atoms. The maximum absolute atomic E-state index is 13.7. The third-order valence-corrected chi connectivity index (χ3v) is 6.33. The minimum absolute atomic E-state index is 0.0327. The van der Waals surface area contributed by atoms with Gasteiger partial charge in [-0.2, -0.15) is 0 Å². The molecule has 0 aliphatic rings. The number of pyridine rings is 1. The molecule has 214 valence electrons. The number of carbonyl (C=O) groups is 2. The van der Waals surface area contributed by atoms with Crippen molar-refractivity contribution in [3.63, 3.8) is 0 Å². The highest BCUT2D eigenvalue weighted by atomic mass is 16.5. The smallest absolute Gasteiger partial charge is 0.247 e. The summed E-state index contributed by atoms with van der Waals surface area (Å²) < 4.78 is 11.8. The molecule has 0 saturated carbocycles. The molecule has 9 nitrogen and oxygen atoms in total. The van der Waals surface area contributed by atoms with E-state index in [9.17, 15) is 9.59 Å². The highest BCUT2D eigenvalue weighted by Crippen LogP contribution is 2.33. The van der Waals surface area contributed by atoms with Gasteiger partial charge in [0.2, 0.25) is 11.8 Å². The monoisotopic (exact) mass is 555 g/mol. The first-order chi connectivity index (χ1) is 19.8. The molecule has 0 aliphatic heterocycles. The Labute approximate surface area is 240 Å². The van der Waals surface area contributed by atoms with Crippen LogP contribution in [0.1, 0.15) is 51.3 Å². The molecule has 4 rings (SSSR count). The second-order valence-corrected chi connectivity index (χ2v) is 9.84. The number of aromatic nitrogens is 1. The molecule has 1 unspecified atom stereocenters. The molecule has 9 heteroatoms. The minimum Gasteiger partial charge on any atom is -0.490 e. The van der Waals surface area contributed by atoms with Crippen molar-refractivity contribution in [3.05, 3.63) is 84.1 Å². The van der Waals surface area contributed by atoms with Crippen molar-refractivity contribution in [1.82, 2.24) is 10.3 Å². The van der Waals surface area contributed by atoms with Gasteiger partial charge in [-0.25, -0.2) is 4.98 Å². The Balaban J connectivity index is 1.63. The summed E-state index contributed by atoms with van der Waals surface area (Å²) in [6.07, 6.45) is 2.01. The van der Waals surface area contributed by atoms with E-state index in [1.165, 1.54) is 0 Å². The van der Waals surface area contributed by atoms with Gasteiger partial charge in [-0.3, -0.25) is 9.59 Å². The zero-order chi connectivity index (χ0) is 29.4. The van der Waals surface area contributed by atoms with Crippen LogP contribution in [0.4, 0.5) is 17.2 Å². The first-order valence-electron chi connectivity index (χ1n) is 13.8. The van der Waals surface area contributed by atoms with Crippen molar-refractivity contribution < 1.29 is 19.1 Å². The summed E-state index contributed by atoms with van der Waals surface area (Å²) >= 11 is 0. The Morgan fingerprint density at radius 3 is 2.54 bits per heavy atom. The number of nitrogens with one attached hydrogen (secondary N) is 3.